The van der Waals surface area contributed by atoms with Crippen molar-refractivity contribution in [2.75, 3.05) is 11.9 Å². The second kappa shape index (κ2) is 6.07. The van der Waals surface area contributed by atoms with Crippen LogP contribution in [0, 0.1) is 10.1 Å². The number of hydrogen-bond acceptors (Lipinski definition) is 4. The highest BCUT2D eigenvalue weighted by Crippen LogP contribution is 2.17. The third-order valence-electron chi connectivity index (χ3n) is 2.42. The largest absolute Gasteiger partial charge is 0.396 e. The Balaban J connectivity index is 2.63. The standard InChI is InChI=1S/C11H16N2O3/c1-2-9(7-8-14)12-10-3-5-11(6-4-10)13(15)16/h3-6,9,12,14H,2,7-8H2,1H3. The van der Waals surface area contributed by atoms with Crippen LogP contribution in [0.1, 0.15) is 19.8 Å². The molecule has 0 aromatic heterocycles. The van der Waals surface area contributed by atoms with Crippen LogP contribution in [0.15, 0.2) is 24.3 Å². The molecule has 0 heterocycles. The molecule has 1 atom stereocenters. The maximum absolute atomic E-state index is 10.4. The van der Waals surface area contributed by atoms with Gasteiger partial charge in [0, 0.05) is 30.5 Å². The maximum atomic E-state index is 10.4. The van der Waals surface area contributed by atoms with E-state index in [-0.39, 0.29) is 18.3 Å². The fourth-order valence-electron chi connectivity index (χ4n) is 1.45. The highest BCUT2D eigenvalue weighted by molar-refractivity contribution is 5.49. The van der Waals surface area contributed by atoms with Gasteiger partial charge in [-0.1, -0.05) is 6.92 Å². The Morgan fingerprint density at radius 2 is 2.06 bits per heavy atom. The molecule has 0 radical (unpaired) electrons. The minimum Gasteiger partial charge on any atom is -0.396 e. The summed E-state index contributed by atoms with van der Waals surface area (Å²) in [5.41, 5.74) is 0.923. The molecule has 2 N–H and O–H groups in total. The number of nitro benzene ring substituents is 1. The zero-order valence-corrected chi connectivity index (χ0v) is 9.22. The first-order valence-electron chi connectivity index (χ1n) is 5.29. The molecular weight excluding hydrogens is 208 g/mol. The van der Waals surface area contributed by atoms with Gasteiger partial charge in [-0.3, -0.25) is 10.1 Å². The second-order valence-corrected chi connectivity index (χ2v) is 3.57. The van der Waals surface area contributed by atoms with Crippen LogP contribution < -0.4 is 5.32 Å². The van der Waals surface area contributed by atoms with Crippen LogP contribution in [0.25, 0.3) is 0 Å². The molecule has 16 heavy (non-hydrogen) atoms. The molecule has 1 aromatic rings. The van der Waals surface area contributed by atoms with Crippen LogP contribution >= 0.6 is 0 Å². The molecule has 0 saturated carbocycles. The molecule has 0 saturated heterocycles. The molecule has 0 amide bonds. The molecule has 88 valence electrons. The Kier molecular flexibility index (Phi) is 4.72. The van der Waals surface area contributed by atoms with E-state index in [0.29, 0.717) is 6.42 Å². The van der Waals surface area contributed by atoms with Crippen LogP contribution in [0.4, 0.5) is 11.4 Å². The number of benzene rings is 1. The van der Waals surface area contributed by atoms with E-state index in [9.17, 15) is 10.1 Å². The summed E-state index contributed by atoms with van der Waals surface area (Å²) < 4.78 is 0. The molecule has 1 aromatic carbocycles. The van der Waals surface area contributed by atoms with Gasteiger partial charge in [0.15, 0.2) is 0 Å². The van der Waals surface area contributed by atoms with E-state index in [2.05, 4.69) is 5.32 Å². The zero-order valence-electron chi connectivity index (χ0n) is 9.22. The third kappa shape index (κ3) is 3.51. The summed E-state index contributed by atoms with van der Waals surface area (Å²) in [6.45, 7) is 2.16. The fraction of sp³-hybridized carbons (Fsp3) is 0.455. The van der Waals surface area contributed by atoms with Crippen molar-refractivity contribution in [3.05, 3.63) is 34.4 Å². The van der Waals surface area contributed by atoms with Crippen molar-refractivity contribution in [1.29, 1.82) is 0 Å². The average molecular weight is 224 g/mol. The van der Waals surface area contributed by atoms with Gasteiger partial charge in [-0.2, -0.15) is 0 Å². The van der Waals surface area contributed by atoms with Gasteiger partial charge in [-0.05, 0) is 25.0 Å². The lowest BCUT2D eigenvalue weighted by Crippen LogP contribution is -2.19. The van der Waals surface area contributed by atoms with Crippen LogP contribution in [-0.2, 0) is 0 Å². The Morgan fingerprint density at radius 3 is 2.50 bits per heavy atom. The van der Waals surface area contributed by atoms with E-state index >= 15 is 0 Å². The Bertz CT molecular complexity index is 338. The fourth-order valence-corrected chi connectivity index (χ4v) is 1.45. The first-order chi connectivity index (χ1) is 7.67. The van der Waals surface area contributed by atoms with Crippen molar-refractivity contribution in [2.45, 2.75) is 25.8 Å². The quantitative estimate of drug-likeness (QED) is 0.573. The Labute approximate surface area is 94.3 Å². The summed E-state index contributed by atoms with van der Waals surface area (Å²) in [5, 5.41) is 22.5. The minimum absolute atomic E-state index is 0.0840. The average Bonchev–Trinajstić information content (AvgIpc) is 2.29. The highest BCUT2D eigenvalue weighted by Gasteiger charge is 2.07. The molecule has 0 bridgehead atoms. The summed E-state index contributed by atoms with van der Waals surface area (Å²) in [7, 11) is 0. The number of rotatable bonds is 6. The van der Waals surface area contributed by atoms with Gasteiger partial charge in [0.1, 0.15) is 0 Å². The lowest BCUT2D eigenvalue weighted by atomic mass is 10.1. The third-order valence-corrected chi connectivity index (χ3v) is 2.42. The lowest BCUT2D eigenvalue weighted by molar-refractivity contribution is -0.384. The number of nitrogens with one attached hydrogen (secondary N) is 1. The molecule has 5 nitrogen and oxygen atoms in total. The lowest BCUT2D eigenvalue weighted by Gasteiger charge is -2.16. The van der Waals surface area contributed by atoms with Crippen molar-refractivity contribution >= 4 is 11.4 Å². The van der Waals surface area contributed by atoms with Crippen LogP contribution in [0.2, 0.25) is 0 Å². The summed E-state index contributed by atoms with van der Waals surface area (Å²) in [6, 6.07) is 6.49. The number of nitrogens with zero attached hydrogens (tertiary/aromatic N) is 1. The minimum atomic E-state index is -0.422. The maximum Gasteiger partial charge on any atom is 0.269 e. The van der Waals surface area contributed by atoms with E-state index in [4.69, 9.17) is 5.11 Å². The normalized spacial score (nSPS) is 12.1. The van der Waals surface area contributed by atoms with Crippen molar-refractivity contribution in [1.82, 2.24) is 0 Å². The molecule has 1 unspecified atom stereocenters. The molecule has 0 aliphatic carbocycles. The number of anilines is 1. The SMILES string of the molecule is CCC(CCO)Nc1ccc([N+](=O)[O-])cc1. The van der Waals surface area contributed by atoms with Gasteiger partial charge in [-0.25, -0.2) is 0 Å². The molecule has 1 rings (SSSR count). The predicted molar refractivity (Wildman–Crippen MR) is 62.5 cm³/mol. The van der Waals surface area contributed by atoms with Gasteiger partial charge in [0.2, 0.25) is 0 Å². The van der Waals surface area contributed by atoms with Crippen molar-refractivity contribution in [3.63, 3.8) is 0 Å². The first kappa shape index (κ1) is 12.4. The highest BCUT2D eigenvalue weighted by atomic mass is 16.6. The molecule has 0 aliphatic heterocycles. The van der Waals surface area contributed by atoms with E-state index in [1.54, 1.807) is 12.1 Å². The van der Waals surface area contributed by atoms with E-state index in [0.717, 1.165) is 12.1 Å². The molecule has 0 aliphatic rings. The summed E-state index contributed by atoms with van der Waals surface area (Å²) in [5.74, 6) is 0. The monoisotopic (exact) mass is 224 g/mol. The Morgan fingerprint density at radius 1 is 1.44 bits per heavy atom. The van der Waals surface area contributed by atoms with Crippen LogP contribution in [0.5, 0.6) is 0 Å². The van der Waals surface area contributed by atoms with E-state index in [1.807, 2.05) is 6.92 Å². The van der Waals surface area contributed by atoms with E-state index < -0.39 is 4.92 Å². The number of hydrogen-bond donors (Lipinski definition) is 2. The summed E-state index contributed by atoms with van der Waals surface area (Å²) in [6.07, 6.45) is 1.57. The van der Waals surface area contributed by atoms with Gasteiger partial charge in [-0.15, -0.1) is 0 Å². The first-order valence-corrected chi connectivity index (χ1v) is 5.29. The van der Waals surface area contributed by atoms with Gasteiger partial charge < -0.3 is 10.4 Å². The molecule has 5 heteroatoms. The molecular formula is C11H16N2O3. The van der Waals surface area contributed by atoms with Crippen molar-refractivity contribution < 1.29 is 10.0 Å². The molecule has 0 spiro atoms. The number of non-ortho nitro benzene ring substituents is 1. The van der Waals surface area contributed by atoms with Crippen molar-refractivity contribution in [3.8, 4) is 0 Å². The van der Waals surface area contributed by atoms with Crippen molar-refractivity contribution in [2.24, 2.45) is 0 Å². The smallest absolute Gasteiger partial charge is 0.269 e. The van der Waals surface area contributed by atoms with Crippen LogP contribution in [0.3, 0.4) is 0 Å². The van der Waals surface area contributed by atoms with Gasteiger partial charge >= 0.3 is 0 Å². The predicted octanol–water partition coefficient (Wildman–Crippen LogP) is 2.17. The van der Waals surface area contributed by atoms with Crippen LogP contribution in [-0.4, -0.2) is 22.7 Å². The summed E-state index contributed by atoms with van der Waals surface area (Å²) >= 11 is 0. The van der Waals surface area contributed by atoms with Gasteiger partial charge in [0.05, 0.1) is 4.92 Å². The Hall–Kier alpha value is -1.62. The summed E-state index contributed by atoms with van der Waals surface area (Å²) in [4.78, 5) is 10.0. The second-order valence-electron chi connectivity index (χ2n) is 3.57. The zero-order chi connectivity index (χ0) is 12.0. The topological polar surface area (TPSA) is 75.4 Å². The van der Waals surface area contributed by atoms with E-state index in [1.165, 1.54) is 12.1 Å². The number of aliphatic hydroxyl groups is 1. The number of aliphatic hydroxyl groups excluding tert-OH is 1. The molecule has 0 fully saturated rings. The van der Waals surface area contributed by atoms with Gasteiger partial charge in [0.25, 0.3) is 5.69 Å². The number of nitro groups is 1.